The number of hydrogen-bond donors (Lipinski definition) is 1. The first kappa shape index (κ1) is 12.0. The van der Waals surface area contributed by atoms with Gasteiger partial charge in [-0.1, -0.05) is 12.1 Å². The van der Waals surface area contributed by atoms with Crippen LogP contribution in [0.2, 0.25) is 0 Å². The highest BCUT2D eigenvalue weighted by Crippen LogP contribution is 2.32. The largest absolute Gasteiger partial charge is 0.490 e. The van der Waals surface area contributed by atoms with Crippen molar-refractivity contribution in [3.8, 4) is 5.75 Å². The lowest BCUT2D eigenvalue weighted by Crippen LogP contribution is -2.29. The van der Waals surface area contributed by atoms with Crippen LogP contribution in [0, 0.1) is 5.92 Å². The molecule has 1 aromatic rings. The average molecular weight is 245 g/mol. The highest BCUT2D eigenvalue weighted by molar-refractivity contribution is 5.42. The summed E-state index contributed by atoms with van der Waals surface area (Å²) in [6.07, 6.45) is 6.62. The van der Waals surface area contributed by atoms with E-state index in [-0.39, 0.29) is 0 Å². The van der Waals surface area contributed by atoms with Crippen LogP contribution >= 0.6 is 0 Å². The van der Waals surface area contributed by atoms with Gasteiger partial charge in [0.2, 0.25) is 0 Å². The molecular weight excluding hydrogens is 222 g/mol. The summed E-state index contributed by atoms with van der Waals surface area (Å²) in [6.45, 7) is 4.54. The minimum atomic E-state index is 0.381. The second-order valence-corrected chi connectivity index (χ2v) is 5.76. The lowest BCUT2D eigenvalue weighted by atomic mass is 9.87. The quantitative estimate of drug-likeness (QED) is 0.865. The summed E-state index contributed by atoms with van der Waals surface area (Å²) >= 11 is 0. The topological polar surface area (TPSA) is 21.3 Å². The molecule has 1 fully saturated rings. The van der Waals surface area contributed by atoms with Crippen molar-refractivity contribution in [1.29, 1.82) is 0 Å². The molecule has 0 aliphatic carbocycles. The number of rotatable bonds is 2. The lowest BCUT2D eigenvalue weighted by molar-refractivity contribution is 0.191. The van der Waals surface area contributed by atoms with E-state index < -0.39 is 0 Å². The normalized spacial score (nSPS) is 24.4. The fraction of sp³-hybridized carbons (Fsp3) is 0.625. The Balaban J connectivity index is 1.77. The molecule has 2 heterocycles. The molecule has 0 saturated carbocycles. The number of hydrogen-bond acceptors (Lipinski definition) is 2. The van der Waals surface area contributed by atoms with Crippen LogP contribution in [0.4, 0.5) is 0 Å². The Bertz CT molecular complexity index is 410. The van der Waals surface area contributed by atoms with Crippen molar-refractivity contribution in [3.05, 3.63) is 29.3 Å². The second kappa shape index (κ2) is 5.31. The summed E-state index contributed by atoms with van der Waals surface area (Å²) < 4.78 is 5.95. The number of benzene rings is 1. The molecule has 1 aromatic carbocycles. The Hall–Kier alpha value is -1.02. The van der Waals surface area contributed by atoms with Gasteiger partial charge in [-0.15, -0.1) is 0 Å². The first-order valence-corrected chi connectivity index (χ1v) is 7.31. The zero-order valence-electron chi connectivity index (χ0n) is 11.2. The highest BCUT2D eigenvalue weighted by Gasteiger charge is 2.21. The molecule has 3 rings (SSSR count). The van der Waals surface area contributed by atoms with Crippen molar-refractivity contribution in [2.45, 2.75) is 45.1 Å². The van der Waals surface area contributed by atoms with Gasteiger partial charge in [-0.3, -0.25) is 0 Å². The van der Waals surface area contributed by atoms with Crippen LogP contribution in [-0.4, -0.2) is 19.2 Å². The van der Waals surface area contributed by atoms with Crippen LogP contribution in [-0.2, 0) is 12.8 Å². The Morgan fingerprint density at radius 1 is 1.22 bits per heavy atom. The molecule has 2 aliphatic heterocycles. The van der Waals surface area contributed by atoms with Crippen LogP contribution in [0.1, 0.15) is 37.3 Å². The molecule has 1 N–H and O–H groups in total. The van der Waals surface area contributed by atoms with E-state index >= 15 is 0 Å². The van der Waals surface area contributed by atoms with E-state index in [1.54, 1.807) is 0 Å². The summed E-state index contributed by atoms with van der Waals surface area (Å²) in [4.78, 5) is 0. The van der Waals surface area contributed by atoms with Gasteiger partial charge in [0, 0.05) is 0 Å². The molecule has 2 aliphatic rings. The van der Waals surface area contributed by atoms with Gasteiger partial charge >= 0.3 is 0 Å². The third-order valence-corrected chi connectivity index (χ3v) is 4.33. The molecule has 1 unspecified atom stereocenters. The Morgan fingerprint density at radius 2 is 2.06 bits per heavy atom. The minimum Gasteiger partial charge on any atom is -0.490 e. The molecule has 0 radical (unpaired) electrons. The molecule has 0 aromatic heterocycles. The molecule has 1 saturated heterocycles. The molecule has 1 atom stereocenters. The van der Waals surface area contributed by atoms with Gasteiger partial charge in [-0.2, -0.15) is 0 Å². The van der Waals surface area contributed by atoms with Gasteiger partial charge in [-0.05, 0) is 75.2 Å². The molecule has 18 heavy (non-hydrogen) atoms. The number of fused-ring (bicyclic) bond motifs is 1. The summed E-state index contributed by atoms with van der Waals surface area (Å²) in [7, 11) is 0. The predicted octanol–water partition coefficient (Wildman–Crippen LogP) is 2.94. The summed E-state index contributed by atoms with van der Waals surface area (Å²) in [5.41, 5.74) is 3.01. The van der Waals surface area contributed by atoms with E-state index in [2.05, 4.69) is 30.4 Å². The minimum absolute atomic E-state index is 0.381. The zero-order valence-corrected chi connectivity index (χ0v) is 11.2. The van der Waals surface area contributed by atoms with Crippen molar-refractivity contribution >= 4 is 0 Å². The van der Waals surface area contributed by atoms with Crippen LogP contribution < -0.4 is 10.1 Å². The van der Waals surface area contributed by atoms with Crippen molar-refractivity contribution in [2.24, 2.45) is 5.92 Å². The molecular formula is C16H23NO. The number of nitrogens with one attached hydrogen (secondary N) is 1. The third kappa shape index (κ3) is 2.54. The van der Waals surface area contributed by atoms with Crippen molar-refractivity contribution in [1.82, 2.24) is 5.32 Å². The molecule has 0 amide bonds. The van der Waals surface area contributed by atoms with E-state index in [0.29, 0.717) is 6.10 Å². The maximum atomic E-state index is 5.95. The first-order valence-electron chi connectivity index (χ1n) is 7.31. The van der Waals surface area contributed by atoms with Gasteiger partial charge in [0.05, 0.1) is 6.10 Å². The SMILES string of the molecule is CC1CCc2c(CC3CCNCC3)cccc2O1. The smallest absolute Gasteiger partial charge is 0.123 e. The lowest BCUT2D eigenvalue weighted by Gasteiger charge is -2.28. The van der Waals surface area contributed by atoms with Crippen LogP contribution in [0.5, 0.6) is 5.75 Å². The van der Waals surface area contributed by atoms with Gasteiger partial charge in [0.1, 0.15) is 5.75 Å². The van der Waals surface area contributed by atoms with E-state index in [0.717, 1.165) is 18.1 Å². The maximum absolute atomic E-state index is 5.95. The summed E-state index contributed by atoms with van der Waals surface area (Å²) in [5.74, 6) is 2.00. The van der Waals surface area contributed by atoms with Crippen LogP contribution in [0.15, 0.2) is 18.2 Å². The average Bonchev–Trinajstić information content (AvgIpc) is 2.40. The van der Waals surface area contributed by atoms with Gasteiger partial charge < -0.3 is 10.1 Å². The predicted molar refractivity (Wildman–Crippen MR) is 74.2 cm³/mol. The van der Waals surface area contributed by atoms with Crippen molar-refractivity contribution in [3.63, 3.8) is 0 Å². The number of piperidine rings is 1. The third-order valence-electron chi connectivity index (χ3n) is 4.33. The zero-order chi connectivity index (χ0) is 12.4. The van der Waals surface area contributed by atoms with E-state index in [9.17, 15) is 0 Å². The molecule has 2 nitrogen and oxygen atoms in total. The molecule has 0 bridgehead atoms. The monoisotopic (exact) mass is 245 g/mol. The number of ether oxygens (including phenoxy) is 1. The van der Waals surface area contributed by atoms with Crippen molar-refractivity contribution < 1.29 is 4.74 Å². The molecule has 0 spiro atoms. The van der Waals surface area contributed by atoms with E-state index in [4.69, 9.17) is 4.74 Å². The van der Waals surface area contributed by atoms with E-state index in [1.165, 1.54) is 49.9 Å². The van der Waals surface area contributed by atoms with Crippen LogP contribution in [0.25, 0.3) is 0 Å². The summed E-state index contributed by atoms with van der Waals surface area (Å²) in [6, 6.07) is 6.60. The Labute approximate surface area is 110 Å². The van der Waals surface area contributed by atoms with Gasteiger partial charge in [-0.25, -0.2) is 0 Å². The standard InChI is InChI=1S/C16H23NO/c1-12-5-6-15-14(3-2-4-16(15)18-12)11-13-7-9-17-10-8-13/h2-4,12-13,17H,5-11H2,1H3. The van der Waals surface area contributed by atoms with Gasteiger partial charge in [0.15, 0.2) is 0 Å². The fourth-order valence-electron chi connectivity index (χ4n) is 3.22. The van der Waals surface area contributed by atoms with Crippen molar-refractivity contribution in [2.75, 3.05) is 13.1 Å². The van der Waals surface area contributed by atoms with Gasteiger partial charge in [0.25, 0.3) is 0 Å². The first-order chi connectivity index (χ1) is 8.83. The highest BCUT2D eigenvalue weighted by atomic mass is 16.5. The van der Waals surface area contributed by atoms with Crippen LogP contribution in [0.3, 0.4) is 0 Å². The Morgan fingerprint density at radius 3 is 2.89 bits per heavy atom. The fourth-order valence-corrected chi connectivity index (χ4v) is 3.22. The maximum Gasteiger partial charge on any atom is 0.123 e. The Kier molecular flexibility index (Phi) is 3.55. The van der Waals surface area contributed by atoms with E-state index in [1.807, 2.05) is 0 Å². The molecule has 98 valence electrons. The summed E-state index contributed by atoms with van der Waals surface area (Å²) in [5, 5.41) is 3.44. The second-order valence-electron chi connectivity index (χ2n) is 5.76. The molecule has 2 heteroatoms.